The van der Waals surface area contributed by atoms with E-state index in [1.54, 1.807) is 31.2 Å². The van der Waals surface area contributed by atoms with Crippen LogP contribution in [0.5, 0.6) is 0 Å². The van der Waals surface area contributed by atoms with Crippen molar-refractivity contribution in [2.24, 2.45) is 5.73 Å². The van der Waals surface area contributed by atoms with Crippen molar-refractivity contribution < 1.29 is 32.6 Å². The lowest BCUT2D eigenvalue weighted by atomic mass is 10.1. The van der Waals surface area contributed by atoms with Gasteiger partial charge in [-0.05, 0) is 18.4 Å². The molecule has 0 heterocycles. The zero-order chi connectivity index (χ0) is 22.5. The topological polar surface area (TPSA) is 120 Å². The van der Waals surface area contributed by atoms with Gasteiger partial charge in [-0.3, -0.25) is 9.59 Å². The molecule has 2 amide bonds. The van der Waals surface area contributed by atoms with Crippen molar-refractivity contribution >= 4 is 17.8 Å². The van der Waals surface area contributed by atoms with Crippen LogP contribution in [-0.4, -0.2) is 49.1 Å². The standard InChI is InChI=1S/C20H29F2N3O5/c1-3-8-15(19(28)29-11-13-9-6-5-7-10-13)24-18(27)16(12-30-20(21)22)25-17(26)14(23)4-2/h5-7,9-10,14-16,20H,3-4,8,11-12,23H2,1-2H3,(H,24,27)(H,25,26)/t14-,15-,16?/m0/s1. The Morgan fingerprint density at radius 3 is 2.23 bits per heavy atom. The molecule has 0 aliphatic rings. The van der Waals surface area contributed by atoms with E-state index in [0.29, 0.717) is 12.8 Å². The van der Waals surface area contributed by atoms with Crippen molar-refractivity contribution in [1.29, 1.82) is 0 Å². The quantitative estimate of drug-likeness (QED) is 0.409. The van der Waals surface area contributed by atoms with E-state index in [-0.39, 0.29) is 13.0 Å². The first-order chi connectivity index (χ1) is 14.3. The molecule has 0 radical (unpaired) electrons. The van der Waals surface area contributed by atoms with E-state index in [1.165, 1.54) is 0 Å². The maximum Gasteiger partial charge on any atom is 0.345 e. The van der Waals surface area contributed by atoms with Gasteiger partial charge >= 0.3 is 12.6 Å². The number of hydrogen-bond donors (Lipinski definition) is 3. The van der Waals surface area contributed by atoms with Crippen LogP contribution in [0.1, 0.15) is 38.7 Å². The van der Waals surface area contributed by atoms with E-state index in [9.17, 15) is 23.2 Å². The number of ether oxygens (including phenoxy) is 2. The summed E-state index contributed by atoms with van der Waals surface area (Å²) in [6.45, 7) is -0.406. The summed E-state index contributed by atoms with van der Waals surface area (Å²) < 4.78 is 34.3. The molecule has 1 unspecified atom stereocenters. The molecule has 30 heavy (non-hydrogen) atoms. The highest BCUT2D eigenvalue weighted by Gasteiger charge is 2.29. The molecule has 168 valence electrons. The Hall–Kier alpha value is -2.59. The lowest BCUT2D eigenvalue weighted by Gasteiger charge is -2.23. The summed E-state index contributed by atoms with van der Waals surface area (Å²) in [7, 11) is 0. The fraction of sp³-hybridized carbons (Fsp3) is 0.550. The minimum atomic E-state index is -3.13. The van der Waals surface area contributed by atoms with Gasteiger partial charge in [0.05, 0.1) is 12.6 Å². The van der Waals surface area contributed by atoms with Crippen LogP contribution in [0.15, 0.2) is 30.3 Å². The maximum atomic E-state index is 12.6. The molecule has 1 aromatic carbocycles. The van der Waals surface area contributed by atoms with Crippen LogP contribution < -0.4 is 16.4 Å². The summed E-state index contributed by atoms with van der Waals surface area (Å²) in [5.74, 6) is -2.20. The summed E-state index contributed by atoms with van der Waals surface area (Å²) in [6.07, 6.45) is 1.11. The SMILES string of the molecule is CCC[C@H](NC(=O)C(COC(F)F)NC(=O)[C@@H](N)CC)C(=O)OCc1ccccc1. The number of carbonyl (C=O) groups excluding carboxylic acids is 3. The Kier molecular flexibility index (Phi) is 11.5. The Morgan fingerprint density at radius 2 is 1.67 bits per heavy atom. The smallest absolute Gasteiger partial charge is 0.345 e. The molecule has 8 nitrogen and oxygen atoms in total. The molecule has 4 N–H and O–H groups in total. The highest BCUT2D eigenvalue weighted by atomic mass is 19.3. The van der Waals surface area contributed by atoms with Gasteiger partial charge in [0, 0.05) is 0 Å². The molecule has 0 fully saturated rings. The molecular weight excluding hydrogens is 400 g/mol. The minimum absolute atomic E-state index is 0.0236. The zero-order valence-electron chi connectivity index (χ0n) is 17.1. The lowest BCUT2D eigenvalue weighted by Crippen LogP contribution is -2.56. The van der Waals surface area contributed by atoms with Crippen molar-refractivity contribution in [2.75, 3.05) is 6.61 Å². The van der Waals surface area contributed by atoms with E-state index in [0.717, 1.165) is 5.56 Å². The monoisotopic (exact) mass is 429 g/mol. The Balaban J connectivity index is 2.77. The number of amides is 2. The molecule has 0 aromatic heterocycles. The molecule has 0 spiro atoms. The van der Waals surface area contributed by atoms with Gasteiger partial charge in [0.15, 0.2) is 0 Å². The van der Waals surface area contributed by atoms with Crippen molar-refractivity contribution in [2.45, 2.75) is 64.5 Å². The maximum absolute atomic E-state index is 12.6. The second kappa shape index (κ2) is 13.6. The first kappa shape index (κ1) is 25.4. The molecule has 0 saturated heterocycles. The van der Waals surface area contributed by atoms with E-state index < -0.39 is 49.1 Å². The van der Waals surface area contributed by atoms with Gasteiger partial charge in [0.1, 0.15) is 18.7 Å². The molecule has 3 atom stereocenters. The fourth-order valence-electron chi connectivity index (χ4n) is 2.46. The van der Waals surface area contributed by atoms with E-state index in [1.807, 2.05) is 13.0 Å². The zero-order valence-corrected chi connectivity index (χ0v) is 17.1. The Labute approximate surface area is 174 Å². The third-order valence-corrected chi connectivity index (χ3v) is 4.20. The van der Waals surface area contributed by atoms with Gasteiger partial charge in [0.2, 0.25) is 11.8 Å². The molecule has 1 aromatic rings. The lowest BCUT2D eigenvalue weighted by molar-refractivity contribution is -0.153. The van der Waals surface area contributed by atoms with Crippen molar-refractivity contribution in [1.82, 2.24) is 10.6 Å². The molecule has 1 rings (SSSR count). The Bertz CT molecular complexity index is 676. The van der Waals surface area contributed by atoms with Crippen LogP contribution in [0.2, 0.25) is 0 Å². The molecule has 0 aliphatic carbocycles. The molecule has 10 heteroatoms. The van der Waals surface area contributed by atoms with Crippen molar-refractivity contribution in [3.8, 4) is 0 Å². The number of benzene rings is 1. The number of hydrogen-bond acceptors (Lipinski definition) is 6. The first-order valence-corrected chi connectivity index (χ1v) is 9.75. The number of nitrogens with two attached hydrogens (primary N) is 1. The number of carbonyl (C=O) groups is 3. The van der Waals surface area contributed by atoms with Crippen LogP contribution >= 0.6 is 0 Å². The fourth-order valence-corrected chi connectivity index (χ4v) is 2.46. The highest BCUT2D eigenvalue weighted by molar-refractivity contribution is 5.92. The van der Waals surface area contributed by atoms with Gasteiger partial charge in [-0.1, -0.05) is 50.6 Å². The van der Waals surface area contributed by atoms with Crippen LogP contribution in [0.3, 0.4) is 0 Å². The molecule has 0 bridgehead atoms. The predicted molar refractivity (Wildman–Crippen MR) is 105 cm³/mol. The number of rotatable bonds is 13. The molecule has 0 aliphatic heterocycles. The second-order valence-corrected chi connectivity index (χ2v) is 6.61. The Morgan fingerprint density at radius 1 is 1.03 bits per heavy atom. The normalized spacial score (nSPS) is 13.9. The van der Waals surface area contributed by atoms with Crippen LogP contribution in [0, 0.1) is 0 Å². The van der Waals surface area contributed by atoms with Gasteiger partial charge in [-0.2, -0.15) is 8.78 Å². The average molecular weight is 429 g/mol. The summed E-state index contributed by atoms with van der Waals surface area (Å²) in [6, 6.07) is 5.63. The predicted octanol–water partition coefficient (Wildman–Crippen LogP) is 1.48. The van der Waals surface area contributed by atoms with Crippen LogP contribution in [0.25, 0.3) is 0 Å². The number of halogens is 2. The number of nitrogens with one attached hydrogen (secondary N) is 2. The van der Waals surface area contributed by atoms with E-state index in [4.69, 9.17) is 10.5 Å². The van der Waals surface area contributed by atoms with Gasteiger partial charge in [-0.25, -0.2) is 4.79 Å². The van der Waals surface area contributed by atoms with Gasteiger partial charge in [-0.15, -0.1) is 0 Å². The van der Waals surface area contributed by atoms with Crippen LogP contribution in [-0.2, 0) is 30.5 Å². The second-order valence-electron chi connectivity index (χ2n) is 6.61. The highest BCUT2D eigenvalue weighted by Crippen LogP contribution is 2.06. The third-order valence-electron chi connectivity index (χ3n) is 4.20. The largest absolute Gasteiger partial charge is 0.459 e. The summed E-state index contributed by atoms with van der Waals surface area (Å²) >= 11 is 0. The third kappa shape index (κ3) is 9.27. The number of esters is 1. The van der Waals surface area contributed by atoms with Gasteiger partial charge in [0.25, 0.3) is 0 Å². The van der Waals surface area contributed by atoms with Crippen molar-refractivity contribution in [3.05, 3.63) is 35.9 Å². The molecular formula is C20H29F2N3O5. The summed E-state index contributed by atoms with van der Waals surface area (Å²) in [4.78, 5) is 37.0. The van der Waals surface area contributed by atoms with Crippen LogP contribution in [0.4, 0.5) is 8.78 Å². The number of alkyl halides is 2. The minimum Gasteiger partial charge on any atom is -0.459 e. The first-order valence-electron chi connectivity index (χ1n) is 9.75. The van der Waals surface area contributed by atoms with E-state index in [2.05, 4.69) is 15.4 Å². The van der Waals surface area contributed by atoms with Crippen molar-refractivity contribution in [3.63, 3.8) is 0 Å². The molecule has 0 saturated carbocycles. The summed E-state index contributed by atoms with van der Waals surface area (Å²) in [5.41, 5.74) is 6.38. The summed E-state index contributed by atoms with van der Waals surface area (Å²) in [5, 5.41) is 4.73. The average Bonchev–Trinajstić information content (AvgIpc) is 2.74. The van der Waals surface area contributed by atoms with Gasteiger partial charge < -0.3 is 25.8 Å². The van der Waals surface area contributed by atoms with E-state index >= 15 is 0 Å².